The molecular weight excluding hydrogens is 354 g/mol. The molecule has 28 heavy (non-hydrogen) atoms. The second-order valence-electron chi connectivity index (χ2n) is 7.55. The molecule has 0 aliphatic carbocycles. The Bertz CT molecular complexity index is 1110. The highest BCUT2D eigenvalue weighted by Crippen LogP contribution is 2.33. The molecule has 6 nitrogen and oxygen atoms in total. The third kappa shape index (κ3) is 3.54. The van der Waals surface area contributed by atoms with Crippen LogP contribution in [0.3, 0.4) is 0 Å². The number of benzene rings is 1. The van der Waals surface area contributed by atoms with Gasteiger partial charge in [-0.15, -0.1) is 0 Å². The summed E-state index contributed by atoms with van der Waals surface area (Å²) in [5, 5.41) is 3.90. The van der Waals surface area contributed by atoms with E-state index in [4.69, 9.17) is 4.74 Å². The SMILES string of the molecule is COc1cc(C(=O)NCc2c(C)cc(C)[nH]c2=O)c2c(c1)c(C(C)C)cn2C. The summed E-state index contributed by atoms with van der Waals surface area (Å²) in [6, 6.07) is 5.61. The highest BCUT2D eigenvalue weighted by Gasteiger charge is 2.19. The van der Waals surface area contributed by atoms with Crippen molar-refractivity contribution in [1.82, 2.24) is 14.9 Å². The van der Waals surface area contributed by atoms with Gasteiger partial charge in [0.05, 0.1) is 18.2 Å². The molecule has 1 aromatic carbocycles. The Kier molecular flexibility index (Phi) is 5.31. The standard InChI is InChI=1S/C22H27N3O3/c1-12(2)19-11-25(5)20-16(19)8-15(28-6)9-17(20)21(26)23-10-18-13(3)7-14(4)24-22(18)27/h7-9,11-12H,10H2,1-6H3,(H,23,26)(H,24,27). The molecule has 3 aromatic rings. The molecule has 3 rings (SSSR count). The fourth-order valence-corrected chi connectivity index (χ4v) is 3.67. The van der Waals surface area contributed by atoms with Gasteiger partial charge in [-0.1, -0.05) is 13.8 Å². The normalized spacial score (nSPS) is 11.2. The molecule has 2 aromatic heterocycles. The Balaban J connectivity index is 2.01. The van der Waals surface area contributed by atoms with Crippen molar-refractivity contribution in [2.45, 2.75) is 40.2 Å². The van der Waals surface area contributed by atoms with Gasteiger partial charge in [-0.05, 0) is 49.1 Å². The van der Waals surface area contributed by atoms with Gasteiger partial charge in [0, 0.05) is 36.4 Å². The van der Waals surface area contributed by atoms with Gasteiger partial charge in [0.1, 0.15) is 5.75 Å². The monoisotopic (exact) mass is 381 g/mol. The first-order valence-corrected chi connectivity index (χ1v) is 9.37. The topological polar surface area (TPSA) is 76.1 Å². The largest absolute Gasteiger partial charge is 0.497 e. The Labute approximate surface area is 164 Å². The summed E-state index contributed by atoms with van der Waals surface area (Å²) in [6.45, 7) is 8.13. The number of ether oxygens (including phenoxy) is 1. The van der Waals surface area contributed by atoms with Crippen molar-refractivity contribution in [1.29, 1.82) is 0 Å². The quantitative estimate of drug-likeness (QED) is 0.710. The molecule has 6 heteroatoms. The molecule has 0 radical (unpaired) electrons. The first-order valence-electron chi connectivity index (χ1n) is 9.37. The molecular formula is C22H27N3O3. The van der Waals surface area contributed by atoms with E-state index >= 15 is 0 Å². The number of rotatable bonds is 5. The van der Waals surface area contributed by atoms with E-state index in [1.54, 1.807) is 13.2 Å². The minimum atomic E-state index is -0.236. The first kappa shape index (κ1) is 19.7. The number of aryl methyl sites for hydroxylation is 3. The number of aromatic amines is 1. The zero-order valence-corrected chi connectivity index (χ0v) is 17.3. The summed E-state index contributed by atoms with van der Waals surface area (Å²) in [7, 11) is 3.53. The molecule has 2 heterocycles. The Morgan fingerprint density at radius 2 is 1.96 bits per heavy atom. The summed E-state index contributed by atoms with van der Waals surface area (Å²) < 4.78 is 7.40. The molecule has 0 aliphatic heterocycles. The summed E-state index contributed by atoms with van der Waals surface area (Å²) in [4.78, 5) is 28.0. The van der Waals surface area contributed by atoms with Crippen molar-refractivity contribution in [2.75, 3.05) is 7.11 Å². The van der Waals surface area contributed by atoms with Crippen molar-refractivity contribution in [3.05, 3.63) is 62.7 Å². The molecule has 0 fully saturated rings. The summed E-state index contributed by atoms with van der Waals surface area (Å²) in [5.41, 5.74) is 4.61. The number of methoxy groups -OCH3 is 1. The number of nitrogens with zero attached hydrogens (tertiary/aromatic N) is 1. The van der Waals surface area contributed by atoms with E-state index in [2.05, 4.69) is 30.3 Å². The summed E-state index contributed by atoms with van der Waals surface area (Å²) in [5.74, 6) is 0.718. The molecule has 0 unspecified atom stereocenters. The molecule has 0 bridgehead atoms. The lowest BCUT2D eigenvalue weighted by Gasteiger charge is -2.12. The van der Waals surface area contributed by atoms with Crippen molar-refractivity contribution >= 4 is 16.8 Å². The van der Waals surface area contributed by atoms with Crippen LogP contribution >= 0.6 is 0 Å². The highest BCUT2D eigenvalue weighted by molar-refractivity contribution is 6.07. The van der Waals surface area contributed by atoms with Crippen LogP contribution in [-0.2, 0) is 13.6 Å². The van der Waals surface area contributed by atoms with Gasteiger partial charge >= 0.3 is 0 Å². The van der Waals surface area contributed by atoms with Crippen LogP contribution in [0.25, 0.3) is 10.9 Å². The minimum Gasteiger partial charge on any atom is -0.497 e. The molecule has 0 saturated heterocycles. The van der Waals surface area contributed by atoms with E-state index in [-0.39, 0.29) is 18.0 Å². The lowest BCUT2D eigenvalue weighted by atomic mass is 10.0. The molecule has 0 saturated carbocycles. The second-order valence-corrected chi connectivity index (χ2v) is 7.55. The maximum Gasteiger partial charge on any atom is 0.253 e. The Hall–Kier alpha value is -3.02. The van der Waals surface area contributed by atoms with Crippen LogP contribution in [0.15, 0.2) is 29.2 Å². The van der Waals surface area contributed by atoms with E-state index in [1.807, 2.05) is 37.6 Å². The number of fused-ring (bicyclic) bond motifs is 1. The van der Waals surface area contributed by atoms with Gasteiger partial charge < -0.3 is 19.6 Å². The van der Waals surface area contributed by atoms with Crippen molar-refractivity contribution < 1.29 is 9.53 Å². The van der Waals surface area contributed by atoms with Gasteiger partial charge in [-0.3, -0.25) is 9.59 Å². The molecule has 0 aliphatic rings. The van der Waals surface area contributed by atoms with Crippen LogP contribution < -0.4 is 15.6 Å². The van der Waals surface area contributed by atoms with E-state index in [0.717, 1.165) is 27.7 Å². The maximum absolute atomic E-state index is 13.0. The van der Waals surface area contributed by atoms with Gasteiger partial charge in [-0.25, -0.2) is 0 Å². The lowest BCUT2D eigenvalue weighted by molar-refractivity contribution is 0.0951. The number of carbonyl (C=O) groups excluding carboxylic acids is 1. The van der Waals surface area contributed by atoms with Crippen LogP contribution in [0.2, 0.25) is 0 Å². The van der Waals surface area contributed by atoms with Crippen LogP contribution in [0.1, 0.15) is 52.5 Å². The number of hydrogen-bond acceptors (Lipinski definition) is 3. The molecule has 2 N–H and O–H groups in total. The first-order chi connectivity index (χ1) is 13.2. The lowest BCUT2D eigenvalue weighted by Crippen LogP contribution is -2.28. The zero-order chi connectivity index (χ0) is 20.6. The van der Waals surface area contributed by atoms with E-state index in [9.17, 15) is 9.59 Å². The number of amides is 1. The predicted molar refractivity (Wildman–Crippen MR) is 111 cm³/mol. The minimum absolute atomic E-state index is 0.167. The average molecular weight is 381 g/mol. The van der Waals surface area contributed by atoms with Gasteiger partial charge in [0.25, 0.3) is 11.5 Å². The van der Waals surface area contributed by atoms with E-state index in [1.165, 1.54) is 0 Å². The third-order valence-corrected chi connectivity index (χ3v) is 5.10. The number of H-pyrrole nitrogens is 1. The Morgan fingerprint density at radius 1 is 1.25 bits per heavy atom. The zero-order valence-electron chi connectivity index (χ0n) is 17.3. The van der Waals surface area contributed by atoms with Crippen LogP contribution in [0.5, 0.6) is 5.75 Å². The molecule has 0 spiro atoms. The smallest absolute Gasteiger partial charge is 0.253 e. The number of nitrogens with one attached hydrogen (secondary N) is 2. The highest BCUT2D eigenvalue weighted by atomic mass is 16.5. The molecule has 1 amide bonds. The van der Waals surface area contributed by atoms with Crippen molar-refractivity contribution in [3.63, 3.8) is 0 Å². The second kappa shape index (κ2) is 7.54. The molecule has 0 atom stereocenters. The Morgan fingerprint density at radius 3 is 2.57 bits per heavy atom. The fraction of sp³-hybridized carbons (Fsp3) is 0.364. The van der Waals surface area contributed by atoms with E-state index in [0.29, 0.717) is 22.8 Å². The van der Waals surface area contributed by atoms with Gasteiger partial charge in [0.2, 0.25) is 0 Å². The van der Waals surface area contributed by atoms with E-state index < -0.39 is 0 Å². The maximum atomic E-state index is 13.0. The van der Waals surface area contributed by atoms with Crippen LogP contribution in [-0.4, -0.2) is 22.6 Å². The number of carbonyl (C=O) groups is 1. The van der Waals surface area contributed by atoms with Gasteiger partial charge in [0.15, 0.2) is 0 Å². The van der Waals surface area contributed by atoms with Crippen LogP contribution in [0.4, 0.5) is 0 Å². The van der Waals surface area contributed by atoms with Crippen LogP contribution in [0, 0.1) is 13.8 Å². The average Bonchev–Trinajstić information content (AvgIpc) is 2.96. The van der Waals surface area contributed by atoms with Gasteiger partial charge in [-0.2, -0.15) is 0 Å². The molecule has 148 valence electrons. The summed E-state index contributed by atoms with van der Waals surface area (Å²) in [6.07, 6.45) is 2.06. The predicted octanol–water partition coefficient (Wildman–Crippen LogP) is 3.55. The third-order valence-electron chi connectivity index (χ3n) is 5.10. The van der Waals surface area contributed by atoms with Crippen molar-refractivity contribution in [2.24, 2.45) is 7.05 Å². The number of hydrogen-bond donors (Lipinski definition) is 2. The summed E-state index contributed by atoms with van der Waals surface area (Å²) >= 11 is 0. The number of pyridine rings is 1. The fourth-order valence-electron chi connectivity index (χ4n) is 3.67. The van der Waals surface area contributed by atoms with Crippen molar-refractivity contribution in [3.8, 4) is 5.75 Å². The number of aromatic nitrogens is 2.